The van der Waals surface area contributed by atoms with E-state index in [1.54, 1.807) is 0 Å². The van der Waals surface area contributed by atoms with Gasteiger partial charge in [0.25, 0.3) is 11.8 Å². The lowest BCUT2D eigenvalue weighted by atomic mass is 10.0. The summed E-state index contributed by atoms with van der Waals surface area (Å²) in [6, 6.07) is 5.99. The van der Waals surface area contributed by atoms with E-state index in [1.807, 2.05) is 42.6 Å². The number of nitrogens with zero attached hydrogens (tertiary/aromatic N) is 5. The third-order valence-electron chi connectivity index (χ3n) is 5.58. The smallest absolute Gasteiger partial charge is 0.278 e. The second-order valence-electron chi connectivity index (χ2n) is 7.98. The standard InChI is InChI=1S/C21H23N5O2/c1-12-8-13(2)10-15(9-12)21(27)26-7-6-17-16(11-26)18(23-25(17)3)20-22-19(24-28-20)14-4-5-14/h8-10,14H,4-7,11H2,1-3H3. The van der Waals surface area contributed by atoms with Crippen LogP contribution < -0.4 is 0 Å². The molecule has 0 atom stereocenters. The lowest BCUT2D eigenvalue weighted by molar-refractivity contribution is 0.0733. The Morgan fingerprint density at radius 3 is 2.64 bits per heavy atom. The lowest BCUT2D eigenvalue weighted by Gasteiger charge is -2.27. The van der Waals surface area contributed by atoms with Gasteiger partial charge in [-0.3, -0.25) is 9.48 Å². The highest BCUT2D eigenvalue weighted by atomic mass is 16.5. The van der Waals surface area contributed by atoms with Gasteiger partial charge in [0, 0.05) is 42.8 Å². The minimum absolute atomic E-state index is 0.0523. The highest BCUT2D eigenvalue weighted by Gasteiger charge is 2.32. The Morgan fingerprint density at radius 1 is 1.18 bits per heavy atom. The highest BCUT2D eigenvalue weighted by molar-refractivity contribution is 5.94. The zero-order chi connectivity index (χ0) is 19.4. The van der Waals surface area contributed by atoms with Crippen LogP contribution in [-0.4, -0.2) is 37.3 Å². The van der Waals surface area contributed by atoms with Gasteiger partial charge in [-0.05, 0) is 38.8 Å². The summed E-state index contributed by atoms with van der Waals surface area (Å²) >= 11 is 0. The number of fused-ring (bicyclic) bond motifs is 1. The number of hydrogen-bond acceptors (Lipinski definition) is 5. The van der Waals surface area contributed by atoms with Gasteiger partial charge in [0.05, 0.1) is 6.54 Å². The van der Waals surface area contributed by atoms with Gasteiger partial charge < -0.3 is 9.42 Å². The van der Waals surface area contributed by atoms with Crippen molar-refractivity contribution in [3.05, 3.63) is 52.0 Å². The number of carbonyl (C=O) groups excluding carboxylic acids is 1. The van der Waals surface area contributed by atoms with Gasteiger partial charge in [-0.15, -0.1) is 0 Å². The van der Waals surface area contributed by atoms with Crippen molar-refractivity contribution in [1.82, 2.24) is 24.8 Å². The van der Waals surface area contributed by atoms with Crippen molar-refractivity contribution in [3.8, 4) is 11.6 Å². The molecule has 0 saturated heterocycles. The molecule has 5 rings (SSSR count). The second kappa shape index (κ2) is 6.29. The molecule has 7 heteroatoms. The first kappa shape index (κ1) is 17.2. The molecule has 1 fully saturated rings. The van der Waals surface area contributed by atoms with Crippen LogP contribution in [0, 0.1) is 13.8 Å². The number of aromatic nitrogens is 4. The Balaban J connectivity index is 1.46. The SMILES string of the molecule is Cc1cc(C)cc(C(=O)N2CCc3c(c(-c4nc(C5CC5)no4)nn3C)C2)c1. The molecule has 0 bridgehead atoms. The molecule has 28 heavy (non-hydrogen) atoms. The summed E-state index contributed by atoms with van der Waals surface area (Å²) in [5.74, 6) is 1.71. The Bertz CT molecular complexity index is 1060. The van der Waals surface area contributed by atoms with Crippen molar-refractivity contribution >= 4 is 5.91 Å². The van der Waals surface area contributed by atoms with Crippen LogP contribution in [0.3, 0.4) is 0 Å². The van der Waals surface area contributed by atoms with Crippen LogP contribution in [0.15, 0.2) is 22.7 Å². The summed E-state index contributed by atoms with van der Waals surface area (Å²) in [5, 5.41) is 8.75. The Kier molecular flexibility index (Phi) is 3.86. The summed E-state index contributed by atoms with van der Waals surface area (Å²) < 4.78 is 7.38. The molecule has 1 aliphatic carbocycles. The minimum atomic E-state index is 0.0523. The first-order chi connectivity index (χ1) is 13.5. The minimum Gasteiger partial charge on any atom is -0.334 e. The fraction of sp³-hybridized carbons (Fsp3) is 0.429. The van der Waals surface area contributed by atoms with Crippen LogP contribution in [0.25, 0.3) is 11.6 Å². The summed E-state index contributed by atoms with van der Waals surface area (Å²) in [6.45, 7) is 5.22. The van der Waals surface area contributed by atoms with E-state index >= 15 is 0 Å². The van der Waals surface area contributed by atoms with E-state index in [2.05, 4.69) is 21.3 Å². The van der Waals surface area contributed by atoms with E-state index in [0.717, 1.165) is 53.0 Å². The number of benzene rings is 1. The fourth-order valence-electron chi connectivity index (χ4n) is 4.06. The van der Waals surface area contributed by atoms with Crippen molar-refractivity contribution in [2.45, 2.75) is 45.6 Å². The maximum atomic E-state index is 13.1. The van der Waals surface area contributed by atoms with Gasteiger partial charge in [-0.1, -0.05) is 22.3 Å². The molecule has 0 N–H and O–H groups in total. The number of hydrogen-bond donors (Lipinski definition) is 0. The maximum Gasteiger partial charge on any atom is 0.278 e. The largest absolute Gasteiger partial charge is 0.334 e. The monoisotopic (exact) mass is 377 g/mol. The first-order valence-electron chi connectivity index (χ1n) is 9.76. The molecular weight excluding hydrogens is 354 g/mol. The van der Waals surface area contributed by atoms with Gasteiger partial charge in [0.1, 0.15) is 0 Å². The van der Waals surface area contributed by atoms with E-state index in [1.165, 1.54) is 0 Å². The fourth-order valence-corrected chi connectivity index (χ4v) is 4.06. The molecular formula is C21H23N5O2. The molecule has 1 amide bonds. The van der Waals surface area contributed by atoms with Gasteiger partial charge >= 0.3 is 0 Å². The molecule has 1 aromatic carbocycles. The van der Waals surface area contributed by atoms with Crippen molar-refractivity contribution in [1.29, 1.82) is 0 Å². The average Bonchev–Trinajstić information content (AvgIpc) is 3.31. The molecule has 2 aromatic heterocycles. The molecule has 2 aliphatic rings. The van der Waals surface area contributed by atoms with E-state index in [4.69, 9.17) is 4.52 Å². The zero-order valence-electron chi connectivity index (χ0n) is 16.4. The Hall–Kier alpha value is -2.96. The Labute approximate surface area is 163 Å². The lowest BCUT2D eigenvalue weighted by Crippen LogP contribution is -2.36. The molecule has 3 heterocycles. The maximum absolute atomic E-state index is 13.1. The van der Waals surface area contributed by atoms with Crippen molar-refractivity contribution in [2.75, 3.05) is 6.54 Å². The number of amides is 1. The number of carbonyl (C=O) groups is 1. The predicted molar refractivity (Wildman–Crippen MR) is 103 cm³/mol. The van der Waals surface area contributed by atoms with Crippen LogP contribution in [0.2, 0.25) is 0 Å². The van der Waals surface area contributed by atoms with Gasteiger partial charge in [0.2, 0.25) is 0 Å². The zero-order valence-corrected chi connectivity index (χ0v) is 16.4. The normalized spacial score (nSPS) is 16.3. The predicted octanol–water partition coefficient (Wildman–Crippen LogP) is 3.16. The molecule has 0 radical (unpaired) electrons. The summed E-state index contributed by atoms with van der Waals surface area (Å²) in [6.07, 6.45) is 3.01. The van der Waals surface area contributed by atoms with Crippen LogP contribution in [0.1, 0.15) is 57.3 Å². The van der Waals surface area contributed by atoms with Crippen LogP contribution in [-0.2, 0) is 20.0 Å². The van der Waals surface area contributed by atoms with E-state index in [-0.39, 0.29) is 5.91 Å². The van der Waals surface area contributed by atoms with Gasteiger partial charge in [-0.25, -0.2) is 0 Å². The van der Waals surface area contributed by atoms with Crippen molar-refractivity contribution in [3.63, 3.8) is 0 Å². The van der Waals surface area contributed by atoms with E-state index in [0.29, 0.717) is 30.6 Å². The molecule has 7 nitrogen and oxygen atoms in total. The molecule has 0 spiro atoms. The van der Waals surface area contributed by atoms with Crippen LogP contribution >= 0.6 is 0 Å². The first-order valence-corrected chi connectivity index (χ1v) is 9.76. The van der Waals surface area contributed by atoms with Gasteiger partial charge in [0.15, 0.2) is 11.5 Å². The number of rotatable bonds is 3. The molecule has 144 valence electrons. The summed E-state index contributed by atoms with van der Waals surface area (Å²) in [5.41, 5.74) is 5.78. The summed E-state index contributed by atoms with van der Waals surface area (Å²) in [7, 11) is 1.93. The Morgan fingerprint density at radius 2 is 1.93 bits per heavy atom. The molecule has 1 aliphatic heterocycles. The quantitative estimate of drug-likeness (QED) is 0.701. The molecule has 1 saturated carbocycles. The second-order valence-corrected chi connectivity index (χ2v) is 7.98. The van der Waals surface area contributed by atoms with Crippen LogP contribution in [0.4, 0.5) is 0 Å². The third kappa shape index (κ3) is 2.91. The highest BCUT2D eigenvalue weighted by Crippen LogP contribution is 2.39. The summed E-state index contributed by atoms with van der Waals surface area (Å²) in [4.78, 5) is 19.6. The van der Waals surface area contributed by atoms with E-state index in [9.17, 15) is 4.79 Å². The molecule has 0 unspecified atom stereocenters. The van der Waals surface area contributed by atoms with Crippen molar-refractivity contribution < 1.29 is 9.32 Å². The average molecular weight is 377 g/mol. The van der Waals surface area contributed by atoms with Gasteiger partial charge in [-0.2, -0.15) is 10.1 Å². The molecule has 3 aromatic rings. The van der Waals surface area contributed by atoms with Crippen molar-refractivity contribution in [2.24, 2.45) is 7.05 Å². The van der Waals surface area contributed by atoms with Crippen LogP contribution in [0.5, 0.6) is 0 Å². The number of aryl methyl sites for hydroxylation is 3. The van der Waals surface area contributed by atoms with E-state index < -0.39 is 0 Å². The topological polar surface area (TPSA) is 77.1 Å². The third-order valence-corrected chi connectivity index (χ3v) is 5.58.